The lowest BCUT2D eigenvalue weighted by Gasteiger charge is -2.10. The molecule has 0 saturated heterocycles. The SMILES string of the molecule is COc1cc([N+](=O)[O-])ccc1NCc1cc(C)sc1C. The van der Waals surface area contributed by atoms with Crippen molar-refractivity contribution in [3.8, 4) is 5.75 Å². The predicted molar refractivity (Wildman–Crippen MR) is 80.8 cm³/mol. The zero-order valence-electron chi connectivity index (χ0n) is 11.6. The van der Waals surface area contributed by atoms with Crippen LogP contribution in [0.4, 0.5) is 11.4 Å². The van der Waals surface area contributed by atoms with Crippen LogP contribution in [-0.4, -0.2) is 12.0 Å². The highest BCUT2D eigenvalue weighted by Gasteiger charge is 2.11. The van der Waals surface area contributed by atoms with Crippen LogP contribution in [0.25, 0.3) is 0 Å². The van der Waals surface area contributed by atoms with Crippen LogP contribution in [0.3, 0.4) is 0 Å². The average Bonchev–Trinajstić information content (AvgIpc) is 2.74. The minimum atomic E-state index is -0.432. The predicted octanol–water partition coefficient (Wildman–Crippen LogP) is 3.89. The van der Waals surface area contributed by atoms with Gasteiger partial charge in [-0.1, -0.05) is 0 Å². The van der Waals surface area contributed by atoms with Gasteiger partial charge in [0.25, 0.3) is 5.69 Å². The maximum atomic E-state index is 10.7. The van der Waals surface area contributed by atoms with Gasteiger partial charge < -0.3 is 10.1 Å². The smallest absolute Gasteiger partial charge is 0.273 e. The highest BCUT2D eigenvalue weighted by molar-refractivity contribution is 7.12. The van der Waals surface area contributed by atoms with E-state index in [9.17, 15) is 10.1 Å². The summed E-state index contributed by atoms with van der Waals surface area (Å²) in [6.45, 7) is 4.83. The van der Waals surface area contributed by atoms with E-state index in [4.69, 9.17) is 4.74 Å². The standard InChI is InChI=1S/C14H16N2O3S/c1-9-6-11(10(2)20-9)8-15-13-5-4-12(16(17)18)7-14(13)19-3/h4-7,15H,8H2,1-3H3. The van der Waals surface area contributed by atoms with Gasteiger partial charge in [-0.25, -0.2) is 0 Å². The second-order valence-corrected chi connectivity index (χ2v) is 5.89. The summed E-state index contributed by atoms with van der Waals surface area (Å²) in [7, 11) is 1.50. The Labute approximate surface area is 121 Å². The van der Waals surface area contributed by atoms with Crippen molar-refractivity contribution in [3.63, 3.8) is 0 Å². The third kappa shape index (κ3) is 3.08. The largest absolute Gasteiger partial charge is 0.494 e. The lowest BCUT2D eigenvalue weighted by Crippen LogP contribution is -2.02. The van der Waals surface area contributed by atoms with Crippen LogP contribution < -0.4 is 10.1 Å². The van der Waals surface area contributed by atoms with Gasteiger partial charge in [0.2, 0.25) is 0 Å². The van der Waals surface area contributed by atoms with Crippen LogP contribution in [0, 0.1) is 24.0 Å². The van der Waals surface area contributed by atoms with Crippen LogP contribution in [0.2, 0.25) is 0 Å². The van der Waals surface area contributed by atoms with Crippen LogP contribution in [0.5, 0.6) is 5.75 Å². The molecule has 1 aromatic carbocycles. The van der Waals surface area contributed by atoms with E-state index in [1.165, 1.54) is 34.6 Å². The second-order valence-electron chi connectivity index (χ2n) is 4.43. The van der Waals surface area contributed by atoms with Crippen molar-refractivity contribution in [1.29, 1.82) is 0 Å². The number of nitro benzene ring substituents is 1. The summed E-state index contributed by atoms with van der Waals surface area (Å²) < 4.78 is 5.20. The number of rotatable bonds is 5. The third-order valence-electron chi connectivity index (χ3n) is 3.01. The van der Waals surface area contributed by atoms with Crippen molar-refractivity contribution in [2.75, 3.05) is 12.4 Å². The molecule has 0 unspecified atom stereocenters. The molecule has 5 nitrogen and oxygen atoms in total. The molecular weight excluding hydrogens is 276 g/mol. The Bertz CT molecular complexity index is 637. The quantitative estimate of drug-likeness (QED) is 0.670. The summed E-state index contributed by atoms with van der Waals surface area (Å²) in [4.78, 5) is 12.9. The summed E-state index contributed by atoms with van der Waals surface area (Å²) in [5.74, 6) is 0.476. The Morgan fingerprint density at radius 1 is 1.35 bits per heavy atom. The first-order valence-electron chi connectivity index (χ1n) is 6.13. The number of nitrogens with one attached hydrogen (secondary N) is 1. The van der Waals surface area contributed by atoms with Gasteiger partial charge in [-0.2, -0.15) is 0 Å². The molecular formula is C14H16N2O3S. The van der Waals surface area contributed by atoms with Gasteiger partial charge in [0, 0.05) is 22.4 Å². The molecule has 0 spiro atoms. The number of non-ortho nitro benzene ring substituents is 1. The molecule has 0 saturated carbocycles. The lowest BCUT2D eigenvalue weighted by atomic mass is 10.2. The number of methoxy groups -OCH3 is 1. The van der Waals surface area contributed by atoms with Crippen molar-refractivity contribution in [3.05, 3.63) is 49.7 Å². The molecule has 0 radical (unpaired) electrons. The second kappa shape index (κ2) is 5.92. The minimum absolute atomic E-state index is 0.0231. The normalized spacial score (nSPS) is 10.3. The summed E-state index contributed by atoms with van der Waals surface area (Å²) >= 11 is 1.76. The Morgan fingerprint density at radius 3 is 2.65 bits per heavy atom. The zero-order valence-corrected chi connectivity index (χ0v) is 12.4. The number of aryl methyl sites for hydroxylation is 2. The van der Waals surface area contributed by atoms with Gasteiger partial charge in [-0.15, -0.1) is 11.3 Å². The van der Waals surface area contributed by atoms with Crippen molar-refractivity contribution in [1.82, 2.24) is 0 Å². The number of hydrogen-bond donors (Lipinski definition) is 1. The molecule has 2 rings (SSSR count). The molecule has 0 aliphatic carbocycles. The first kappa shape index (κ1) is 14.3. The molecule has 20 heavy (non-hydrogen) atoms. The minimum Gasteiger partial charge on any atom is -0.494 e. The first-order valence-corrected chi connectivity index (χ1v) is 6.95. The van der Waals surface area contributed by atoms with Gasteiger partial charge >= 0.3 is 0 Å². The average molecular weight is 292 g/mol. The molecule has 1 heterocycles. The van der Waals surface area contributed by atoms with Crippen molar-refractivity contribution in [2.45, 2.75) is 20.4 Å². The fraction of sp³-hybridized carbons (Fsp3) is 0.286. The Morgan fingerprint density at radius 2 is 2.10 bits per heavy atom. The summed E-state index contributed by atoms with van der Waals surface area (Å²) in [5.41, 5.74) is 2.00. The Hall–Kier alpha value is -2.08. The number of ether oxygens (including phenoxy) is 1. The van der Waals surface area contributed by atoms with E-state index in [-0.39, 0.29) is 5.69 Å². The number of hydrogen-bond acceptors (Lipinski definition) is 5. The van der Waals surface area contributed by atoms with E-state index >= 15 is 0 Å². The molecule has 1 aromatic heterocycles. The summed E-state index contributed by atoms with van der Waals surface area (Å²) in [6.07, 6.45) is 0. The summed E-state index contributed by atoms with van der Waals surface area (Å²) in [6, 6.07) is 6.71. The molecule has 0 amide bonds. The molecule has 0 bridgehead atoms. The molecule has 106 valence electrons. The van der Waals surface area contributed by atoms with Crippen molar-refractivity contribution >= 4 is 22.7 Å². The fourth-order valence-electron chi connectivity index (χ4n) is 1.99. The molecule has 0 aliphatic rings. The number of benzene rings is 1. The molecule has 2 aromatic rings. The molecule has 0 fully saturated rings. The highest BCUT2D eigenvalue weighted by Crippen LogP contribution is 2.30. The van der Waals surface area contributed by atoms with Crippen molar-refractivity contribution < 1.29 is 9.66 Å². The topological polar surface area (TPSA) is 64.4 Å². The third-order valence-corrected chi connectivity index (χ3v) is 4.02. The van der Waals surface area contributed by atoms with Gasteiger partial charge in [-0.05, 0) is 31.5 Å². The molecule has 1 N–H and O–H groups in total. The van der Waals surface area contributed by atoms with Gasteiger partial charge in [0.05, 0.1) is 23.8 Å². The number of anilines is 1. The van der Waals surface area contributed by atoms with Crippen LogP contribution in [0.1, 0.15) is 15.3 Å². The molecule has 6 heteroatoms. The van der Waals surface area contributed by atoms with E-state index in [1.807, 2.05) is 0 Å². The first-order chi connectivity index (χ1) is 9.51. The van der Waals surface area contributed by atoms with Crippen molar-refractivity contribution in [2.24, 2.45) is 0 Å². The Kier molecular flexibility index (Phi) is 4.24. The molecule has 0 atom stereocenters. The Balaban J connectivity index is 2.17. The van der Waals surface area contributed by atoms with E-state index < -0.39 is 4.92 Å². The molecule has 0 aliphatic heterocycles. The number of thiophene rings is 1. The monoisotopic (exact) mass is 292 g/mol. The van der Waals surface area contributed by atoms with E-state index in [1.54, 1.807) is 17.4 Å². The van der Waals surface area contributed by atoms with Crippen LogP contribution >= 0.6 is 11.3 Å². The summed E-state index contributed by atoms with van der Waals surface area (Å²) in [5, 5.41) is 14.0. The van der Waals surface area contributed by atoms with Gasteiger partial charge in [-0.3, -0.25) is 10.1 Å². The number of nitro groups is 1. The fourth-order valence-corrected chi connectivity index (χ4v) is 2.94. The van der Waals surface area contributed by atoms with E-state index in [0.29, 0.717) is 12.3 Å². The lowest BCUT2D eigenvalue weighted by molar-refractivity contribution is -0.384. The zero-order chi connectivity index (χ0) is 14.7. The van der Waals surface area contributed by atoms with E-state index in [2.05, 4.69) is 25.2 Å². The maximum Gasteiger partial charge on any atom is 0.273 e. The van der Waals surface area contributed by atoms with Gasteiger partial charge in [0.1, 0.15) is 5.75 Å². The maximum absolute atomic E-state index is 10.7. The van der Waals surface area contributed by atoms with Crippen LogP contribution in [0.15, 0.2) is 24.3 Å². The highest BCUT2D eigenvalue weighted by atomic mass is 32.1. The van der Waals surface area contributed by atoms with Gasteiger partial charge in [0.15, 0.2) is 0 Å². The van der Waals surface area contributed by atoms with E-state index in [0.717, 1.165) is 5.69 Å². The van der Waals surface area contributed by atoms with Crippen LogP contribution in [-0.2, 0) is 6.54 Å². The number of nitrogens with zero attached hydrogens (tertiary/aromatic N) is 1.